The minimum Gasteiger partial charge on any atom is -0.326 e. The third-order valence-corrected chi connectivity index (χ3v) is 4.66. The molecule has 0 aliphatic heterocycles. The van der Waals surface area contributed by atoms with Crippen molar-refractivity contribution in [2.75, 3.05) is 0 Å². The first-order chi connectivity index (χ1) is 9.45. The van der Waals surface area contributed by atoms with Crippen LogP contribution in [-0.2, 0) is 0 Å². The highest BCUT2D eigenvalue weighted by atomic mass is 79.9. The fraction of sp³-hybridized carbons (Fsp3) is 0.400. The summed E-state index contributed by atoms with van der Waals surface area (Å²) >= 11 is 9.73. The summed E-state index contributed by atoms with van der Waals surface area (Å²) in [5, 5.41) is 5.29. The second-order valence-corrected chi connectivity index (χ2v) is 6.29. The molecule has 0 radical (unpaired) electrons. The number of hydrogen-bond acceptors (Lipinski definition) is 2. The zero-order valence-electron chi connectivity index (χ0n) is 11.9. The summed E-state index contributed by atoms with van der Waals surface area (Å²) in [6, 6.07) is 8.20. The van der Waals surface area contributed by atoms with Crippen molar-refractivity contribution in [2.24, 2.45) is 5.73 Å². The van der Waals surface area contributed by atoms with E-state index < -0.39 is 0 Å². The molecule has 5 heteroatoms. The lowest BCUT2D eigenvalue weighted by Gasteiger charge is -2.25. The number of nitrogens with zero attached hydrogens (tertiary/aromatic N) is 2. The molecule has 0 amide bonds. The van der Waals surface area contributed by atoms with Crippen molar-refractivity contribution in [3.63, 3.8) is 0 Å². The first-order valence-corrected chi connectivity index (χ1v) is 7.85. The highest BCUT2D eigenvalue weighted by Crippen LogP contribution is 2.29. The summed E-state index contributed by atoms with van der Waals surface area (Å²) in [5.74, 6) is 0. The van der Waals surface area contributed by atoms with Crippen LogP contribution in [0.15, 0.2) is 28.7 Å². The van der Waals surface area contributed by atoms with Crippen LogP contribution in [0.4, 0.5) is 0 Å². The lowest BCUT2D eigenvalue weighted by Crippen LogP contribution is -2.33. The van der Waals surface area contributed by atoms with E-state index in [1.165, 1.54) is 0 Å². The standard InChI is InChI=1S/C15H19BrClN3/c1-4-13(18)15(11-5-7-12(16)8-6-11)20-10(3)14(17)9(2)19-20/h5-8,13,15H,4,18H2,1-3H3. The first-order valence-electron chi connectivity index (χ1n) is 6.68. The van der Waals surface area contributed by atoms with Gasteiger partial charge in [0.2, 0.25) is 0 Å². The normalized spacial score (nSPS) is 14.3. The summed E-state index contributed by atoms with van der Waals surface area (Å²) < 4.78 is 3.01. The minimum atomic E-state index is -0.00904. The molecule has 0 saturated carbocycles. The Balaban J connectivity index is 2.52. The van der Waals surface area contributed by atoms with Gasteiger partial charge in [0.05, 0.1) is 22.5 Å². The molecule has 1 aromatic heterocycles. The Morgan fingerprint density at radius 2 is 1.90 bits per heavy atom. The maximum Gasteiger partial charge on any atom is 0.0922 e. The van der Waals surface area contributed by atoms with E-state index >= 15 is 0 Å². The third-order valence-electron chi connectivity index (χ3n) is 3.59. The van der Waals surface area contributed by atoms with Crippen molar-refractivity contribution in [1.29, 1.82) is 0 Å². The van der Waals surface area contributed by atoms with Crippen LogP contribution < -0.4 is 5.73 Å². The molecule has 2 aromatic rings. The largest absolute Gasteiger partial charge is 0.326 e. The van der Waals surface area contributed by atoms with Crippen LogP contribution in [0.1, 0.15) is 36.3 Å². The van der Waals surface area contributed by atoms with Crippen molar-refractivity contribution in [3.8, 4) is 0 Å². The van der Waals surface area contributed by atoms with Gasteiger partial charge < -0.3 is 5.73 Å². The first kappa shape index (κ1) is 15.5. The maximum absolute atomic E-state index is 6.33. The molecule has 0 bridgehead atoms. The fourth-order valence-corrected chi connectivity index (χ4v) is 2.76. The topological polar surface area (TPSA) is 43.8 Å². The molecule has 0 aliphatic carbocycles. The Kier molecular flexibility index (Phi) is 4.89. The van der Waals surface area contributed by atoms with E-state index in [1.807, 2.05) is 30.7 Å². The summed E-state index contributed by atoms with van der Waals surface area (Å²) in [6.07, 6.45) is 0.872. The summed E-state index contributed by atoms with van der Waals surface area (Å²) in [7, 11) is 0. The van der Waals surface area contributed by atoms with Gasteiger partial charge >= 0.3 is 0 Å². The van der Waals surface area contributed by atoms with Crippen LogP contribution in [0.5, 0.6) is 0 Å². The van der Waals surface area contributed by atoms with Gasteiger partial charge in [-0.1, -0.05) is 46.6 Å². The predicted molar refractivity (Wildman–Crippen MR) is 87.3 cm³/mol. The number of halogens is 2. The second-order valence-electron chi connectivity index (χ2n) is 5.00. The summed E-state index contributed by atoms with van der Waals surface area (Å²) in [5.41, 5.74) is 9.28. The van der Waals surface area contributed by atoms with Gasteiger partial charge in [-0.15, -0.1) is 0 Å². The van der Waals surface area contributed by atoms with Crippen molar-refractivity contribution >= 4 is 27.5 Å². The molecule has 0 fully saturated rings. The van der Waals surface area contributed by atoms with Gasteiger partial charge in [0.1, 0.15) is 0 Å². The fourth-order valence-electron chi connectivity index (χ4n) is 2.37. The van der Waals surface area contributed by atoms with E-state index in [9.17, 15) is 0 Å². The maximum atomic E-state index is 6.33. The number of rotatable bonds is 4. The second kappa shape index (κ2) is 6.29. The SMILES string of the molecule is CCC(N)C(c1ccc(Br)cc1)n1nc(C)c(Cl)c1C. The van der Waals surface area contributed by atoms with Gasteiger partial charge in [-0.05, 0) is 38.0 Å². The van der Waals surface area contributed by atoms with Crippen LogP contribution in [-0.4, -0.2) is 15.8 Å². The third kappa shape index (κ3) is 2.92. The average Bonchev–Trinajstić information content (AvgIpc) is 2.69. The molecule has 108 valence electrons. The Labute approximate surface area is 133 Å². The van der Waals surface area contributed by atoms with Crippen LogP contribution in [0, 0.1) is 13.8 Å². The van der Waals surface area contributed by atoms with Crippen molar-refractivity contribution < 1.29 is 0 Å². The molecule has 0 saturated heterocycles. The van der Waals surface area contributed by atoms with Gasteiger partial charge in [0, 0.05) is 10.5 Å². The van der Waals surface area contributed by atoms with E-state index in [1.54, 1.807) is 0 Å². The Morgan fingerprint density at radius 1 is 1.30 bits per heavy atom. The Morgan fingerprint density at radius 3 is 2.35 bits per heavy atom. The molecule has 2 N–H and O–H groups in total. The van der Waals surface area contributed by atoms with Gasteiger partial charge in [-0.25, -0.2) is 0 Å². The van der Waals surface area contributed by atoms with Crippen LogP contribution in [0.2, 0.25) is 5.02 Å². The summed E-state index contributed by atoms with van der Waals surface area (Å²) in [4.78, 5) is 0. The number of aryl methyl sites for hydroxylation is 1. The monoisotopic (exact) mass is 355 g/mol. The van der Waals surface area contributed by atoms with E-state index in [4.69, 9.17) is 17.3 Å². The molecular weight excluding hydrogens is 338 g/mol. The molecule has 0 spiro atoms. The smallest absolute Gasteiger partial charge is 0.0922 e. The molecule has 2 rings (SSSR count). The molecule has 1 aromatic carbocycles. The number of hydrogen-bond donors (Lipinski definition) is 1. The zero-order chi connectivity index (χ0) is 14.9. The zero-order valence-corrected chi connectivity index (χ0v) is 14.2. The molecule has 3 nitrogen and oxygen atoms in total. The van der Waals surface area contributed by atoms with E-state index in [-0.39, 0.29) is 12.1 Å². The highest BCUT2D eigenvalue weighted by molar-refractivity contribution is 9.10. The molecule has 0 aliphatic rings. The van der Waals surface area contributed by atoms with E-state index in [0.717, 1.165) is 32.9 Å². The number of aromatic nitrogens is 2. The van der Waals surface area contributed by atoms with E-state index in [0.29, 0.717) is 0 Å². The van der Waals surface area contributed by atoms with Crippen LogP contribution >= 0.6 is 27.5 Å². The molecule has 2 atom stereocenters. The quantitative estimate of drug-likeness (QED) is 0.890. The van der Waals surface area contributed by atoms with Crippen molar-refractivity contribution in [2.45, 2.75) is 39.3 Å². The Bertz CT molecular complexity index is 592. The number of nitrogens with two attached hydrogens (primary N) is 1. The summed E-state index contributed by atoms with van der Waals surface area (Å²) in [6.45, 7) is 5.99. The van der Waals surface area contributed by atoms with Crippen molar-refractivity contribution in [3.05, 3.63) is 50.7 Å². The number of benzene rings is 1. The lowest BCUT2D eigenvalue weighted by atomic mass is 9.98. The Hall–Kier alpha value is -0.840. The van der Waals surface area contributed by atoms with Gasteiger partial charge in [0.15, 0.2) is 0 Å². The highest BCUT2D eigenvalue weighted by Gasteiger charge is 2.24. The molecule has 20 heavy (non-hydrogen) atoms. The molecule has 2 unspecified atom stereocenters. The lowest BCUT2D eigenvalue weighted by molar-refractivity contribution is 0.415. The average molecular weight is 357 g/mol. The van der Waals surface area contributed by atoms with Gasteiger partial charge in [-0.2, -0.15) is 5.10 Å². The molecular formula is C15H19BrClN3. The van der Waals surface area contributed by atoms with Gasteiger partial charge in [-0.3, -0.25) is 4.68 Å². The minimum absolute atomic E-state index is 0.000648. The van der Waals surface area contributed by atoms with Crippen LogP contribution in [0.25, 0.3) is 0 Å². The van der Waals surface area contributed by atoms with Gasteiger partial charge in [0.25, 0.3) is 0 Å². The van der Waals surface area contributed by atoms with Crippen LogP contribution in [0.3, 0.4) is 0 Å². The molecule has 1 heterocycles. The van der Waals surface area contributed by atoms with Crippen molar-refractivity contribution in [1.82, 2.24) is 9.78 Å². The predicted octanol–water partition coefficient (Wildman–Crippen LogP) is 4.24. The van der Waals surface area contributed by atoms with E-state index in [2.05, 4.69) is 40.1 Å².